The van der Waals surface area contributed by atoms with Crippen LogP contribution in [0.15, 0.2) is 4.79 Å². The van der Waals surface area contributed by atoms with E-state index in [9.17, 15) is 4.79 Å². The van der Waals surface area contributed by atoms with Crippen LogP contribution in [0.1, 0.15) is 19.7 Å². The average molecular weight is 157 g/mol. The molecular weight excluding hydrogens is 142 g/mol. The smallest absolute Gasteiger partial charge is 0.282 e. The Bertz CT molecular complexity index is 272. The third-order valence-electron chi connectivity index (χ3n) is 1.34. The van der Waals surface area contributed by atoms with Gasteiger partial charge in [-0.05, 0) is 6.92 Å². The molecule has 0 aromatic carbocycles. The van der Waals surface area contributed by atoms with Gasteiger partial charge in [-0.3, -0.25) is 4.57 Å². The van der Waals surface area contributed by atoms with Crippen molar-refractivity contribution in [3.05, 3.63) is 16.3 Å². The maximum absolute atomic E-state index is 10.9. The lowest BCUT2D eigenvalue weighted by Crippen LogP contribution is -2.20. The summed E-state index contributed by atoms with van der Waals surface area (Å²) in [6.07, 6.45) is 0. The van der Waals surface area contributed by atoms with E-state index >= 15 is 0 Å². The molecule has 1 rings (SSSR count). The summed E-state index contributed by atoms with van der Waals surface area (Å²) >= 11 is 0. The zero-order valence-corrected chi connectivity index (χ0v) is 7.75. The molecule has 64 valence electrons. The number of aryl methyl sites for hydroxylation is 2. The summed E-state index contributed by atoms with van der Waals surface area (Å²) < 4.78 is 2.81. The Labute approximate surface area is 66.5 Å². The molecule has 0 aliphatic heterocycles. The summed E-state index contributed by atoms with van der Waals surface area (Å²) in [5.74, 6) is 0.738. The van der Waals surface area contributed by atoms with Gasteiger partial charge in [0.1, 0.15) is 5.82 Å². The van der Waals surface area contributed by atoms with E-state index in [0.717, 1.165) is 5.82 Å². The van der Waals surface area contributed by atoms with Crippen LogP contribution in [0, 0.1) is 6.92 Å². The first-order valence-electron chi connectivity index (χ1n) is 3.69. The highest BCUT2D eigenvalue weighted by atomic mass is 16.2. The van der Waals surface area contributed by atoms with Gasteiger partial charge in [0.15, 0.2) is 0 Å². The van der Waals surface area contributed by atoms with E-state index in [-0.39, 0.29) is 5.69 Å². The van der Waals surface area contributed by atoms with E-state index in [4.69, 9.17) is 0 Å². The van der Waals surface area contributed by atoms with E-state index in [1.165, 1.54) is 9.25 Å². The standard InChI is InChI=1S/C5H9N3O.C2H6/c1-4-6-8(3)5(9)7(4)2;1-2/h1-3H3;1-2H3. The monoisotopic (exact) mass is 157 g/mol. The summed E-state index contributed by atoms with van der Waals surface area (Å²) in [7, 11) is 3.33. The Hall–Kier alpha value is -1.06. The van der Waals surface area contributed by atoms with Crippen molar-refractivity contribution in [3.63, 3.8) is 0 Å². The highest BCUT2D eigenvalue weighted by Gasteiger charge is 1.99. The molecule has 4 nitrogen and oxygen atoms in total. The lowest BCUT2D eigenvalue weighted by Gasteiger charge is -1.84. The Morgan fingerprint density at radius 3 is 1.82 bits per heavy atom. The summed E-state index contributed by atoms with van der Waals surface area (Å²) in [5.41, 5.74) is -0.0764. The third kappa shape index (κ3) is 1.93. The van der Waals surface area contributed by atoms with Crippen molar-refractivity contribution in [2.45, 2.75) is 20.8 Å². The molecule has 0 bridgehead atoms. The normalized spacial score (nSPS) is 8.82. The predicted molar refractivity (Wildman–Crippen MR) is 44.5 cm³/mol. The predicted octanol–water partition coefficient (Wildman–Crippen LogP) is 0.453. The summed E-state index contributed by atoms with van der Waals surface area (Å²) in [4.78, 5) is 10.9. The summed E-state index contributed by atoms with van der Waals surface area (Å²) in [5, 5.41) is 3.88. The van der Waals surface area contributed by atoms with Gasteiger partial charge in [0.2, 0.25) is 0 Å². The van der Waals surface area contributed by atoms with Crippen LogP contribution in [0.4, 0.5) is 0 Å². The number of hydrogen-bond donors (Lipinski definition) is 0. The second-order valence-corrected chi connectivity index (χ2v) is 2.01. The molecule has 0 spiro atoms. The van der Waals surface area contributed by atoms with Crippen LogP contribution >= 0.6 is 0 Å². The van der Waals surface area contributed by atoms with Crippen LogP contribution in [-0.4, -0.2) is 14.3 Å². The molecule has 0 saturated heterocycles. The van der Waals surface area contributed by atoms with Crippen molar-refractivity contribution in [3.8, 4) is 0 Å². The summed E-state index contributed by atoms with van der Waals surface area (Å²) in [6.45, 7) is 5.79. The maximum Gasteiger partial charge on any atom is 0.345 e. The van der Waals surface area contributed by atoms with Crippen LogP contribution in [0.25, 0.3) is 0 Å². The van der Waals surface area contributed by atoms with Gasteiger partial charge in [-0.15, -0.1) is 0 Å². The number of rotatable bonds is 0. The van der Waals surface area contributed by atoms with Gasteiger partial charge in [-0.1, -0.05) is 13.8 Å². The lowest BCUT2D eigenvalue weighted by atomic mass is 10.7. The quantitative estimate of drug-likeness (QED) is 0.548. The minimum absolute atomic E-state index is 0.0764. The molecule has 0 radical (unpaired) electrons. The fraction of sp³-hybridized carbons (Fsp3) is 0.714. The molecule has 0 aliphatic carbocycles. The molecule has 1 aromatic heterocycles. The number of hydrogen-bond acceptors (Lipinski definition) is 2. The molecule has 1 heterocycles. The van der Waals surface area contributed by atoms with Crippen LogP contribution < -0.4 is 5.69 Å². The molecule has 0 aliphatic rings. The van der Waals surface area contributed by atoms with Gasteiger partial charge in [0, 0.05) is 14.1 Å². The fourth-order valence-corrected chi connectivity index (χ4v) is 0.682. The Morgan fingerprint density at radius 1 is 1.27 bits per heavy atom. The molecule has 0 saturated carbocycles. The zero-order chi connectivity index (χ0) is 9.02. The SMILES string of the molecule is CC.Cc1nn(C)c(=O)n1C. The zero-order valence-electron chi connectivity index (χ0n) is 7.75. The van der Waals surface area contributed by atoms with Crippen LogP contribution in [-0.2, 0) is 14.1 Å². The Balaban J connectivity index is 0.000000461. The second-order valence-electron chi connectivity index (χ2n) is 2.01. The second kappa shape index (κ2) is 3.95. The molecule has 0 atom stereocenters. The van der Waals surface area contributed by atoms with Crippen molar-refractivity contribution >= 4 is 0 Å². The van der Waals surface area contributed by atoms with Crippen LogP contribution in [0.5, 0.6) is 0 Å². The van der Waals surface area contributed by atoms with E-state index in [1.54, 1.807) is 21.0 Å². The average Bonchev–Trinajstić information content (AvgIpc) is 2.22. The van der Waals surface area contributed by atoms with E-state index < -0.39 is 0 Å². The van der Waals surface area contributed by atoms with Crippen molar-refractivity contribution in [2.75, 3.05) is 0 Å². The summed E-state index contributed by atoms with van der Waals surface area (Å²) in [6, 6.07) is 0. The van der Waals surface area contributed by atoms with Crippen molar-refractivity contribution in [1.82, 2.24) is 14.3 Å². The first kappa shape index (κ1) is 9.94. The molecule has 0 amide bonds. The Kier molecular flexibility index (Phi) is 3.57. The lowest BCUT2D eigenvalue weighted by molar-refractivity contribution is 0.713. The minimum Gasteiger partial charge on any atom is -0.282 e. The molecule has 4 heteroatoms. The third-order valence-corrected chi connectivity index (χ3v) is 1.34. The largest absolute Gasteiger partial charge is 0.345 e. The van der Waals surface area contributed by atoms with Crippen LogP contribution in [0.3, 0.4) is 0 Å². The molecular formula is C7H15N3O. The van der Waals surface area contributed by atoms with Gasteiger partial charge in [0.25, 0.3) is 0 Å². The van der Waals surface area contributed by atoms with Gasteiger partial charge in [-0.25, -0.2) is 9.48 Å². The highest BCUT2D eigenvalue weighted by Crippen LogP contribution is 1.80. The molecule has 1 aromatic rings. The van der Waals surface area contributed by atoms with Gasteiger partial charge < -0.3 is 0 Å². The topological polar surface area (TPSA) is 39.8 Å². The van der Waals surface area contributed by atoms with E-state index in [0.29, 0.717) is 0 Å². The van der Waals surface area contributed by atoms with E-state index in [2.05, 4.69) is 5.10 Å². The first-order chi connectivity index (χ1) is 5.13. The molecule has 0 unspecified atom stereocenters. The number of nitrogens with zero attached hydrogens (tertiary/aromatic N) is 3. The van der Waals surface area contributed by atoms with Gasteiger partial charge >= 0.3 is 5.69 Å². The van der Waals surface area contributed by atoms with Crippen molar-refractivity contribution in [1.29, 1.82) is 0 Å². The first-order valence-corrected chi connectivity index (χ1v) is 3.69. The molecule has 0 N–H and O–H groups in total. The minimum atomic E-state index is -0.0764. The van der Waals surface area contributed by atoms with Gasteiger partial charge in [0.05, 0.1) is 0 Å². The van der Waals surface area contributed by atoms with Crippen molar-refractivity contribution < 1.29 is 0 Å². The number of aromatic nitrogens is 3. The highest BCUT2D eigenvalue weighted by molar-refractivity contribution is 4.79. The molecule has 11 heavy (non-hydrogen) atoms. The van der Waals surface area contributed by atoms with Crippen LogP contribution in [0.2, 0.25) is 0 Å². The maximum atomic E-state index is 10.9. The van der Waals surface area contributed by atoms with Crippen molar-refractivity contribution in [2.24, 2.45) is 14.1 Å². The fourth-order valence-electron chi connectivity index (χ4n) is 0.682. The Morgan fingerprint density at radius 2 is 1.73 bits per heavy atom. The van der Waals surface area contributed by atoms with E-state index in [1.807, 2.05) is 13.8 Å². The van der Waals surface area contributed by atoms with Gasteiger partial charge in [-0.2, -0.15) is 5.10 Å². The molecule has 0 fully saturated rings.